The molecule has 0 atom stereocenters. The molecule has 0 aliphatic carbocycles. The highest BCUT2D eigenvalue weighted by molar-refractivity contribution is 6.08. The Morgan fingerprint density at radius 2 is 1.89 bits per heavy atom. The van der Waals surface area contributed by atoms with Gasteiger partial charge in [-0.15, -0.1) is 0 Å². The third kappa shape index (κ3) is 2.18. The van der Waals surface area contributed by atoms with Crippen LogP contribution in [0.3, 0.4) is 0 Å². The van der Waals surface area contributed by atoms with Crippen molar-refractivity contribution in [3.8, 4) is 0 Å². The molecule has 2 aromatic carbocycles. The van der Waals surface area contributed by atoms with Gasteiger partial charge in [-0.3, -0.25) is 4.79 Å². The van der Waals surface area contributed by atoms with Gasteiger partial charge in [-0.25, -0.2) is 0 Å². The van der Waals surface area contributed by atoms with E-state index in [0.717, 1.165) is 22.1 Å². The van der Waals surface area contributed by atoms with Crippen LogP contribution >= 0.6 is 0 Å². The van der Waals surface area contributed by atoms with Crippen LogP contribution in [0.15, 0.2) is 42.5 Å². The Kier molecular flexibility index (Phi) is 2.93. The zero-order valence-corrected chi connectivity index (χ0v) is 10.3. The highest BCUT2D eigenvalue weighted by Gasteiger charge is 2.06. The molecule has 0 saturated heterocycles. The van der Waals surface area contributed by atoms with Gasteiger partial charge in [0, 0.05) is 27.5 Å². The van der Waals surface area contributed by atoms with E-state index in [2.05, 4.69) is 16.4 Å². The third-order valence-electron chi connectivity index (χ3n) is 3.13. The highest BCUT2D eigenvalue weighted by Crippen LogP contribution is 2.27. The summed E-state index contributed by atoms with van der Waals surface area (Å²) in [6, 6.07) is 13.9. The largest absolute Gasteiger partial charge is 0.396 e. The lowest BCUT2D eigenvalue weighted by atomic mass is 10.1. The minimum Gasteiger partial charge on any atom is -0.396 e. The number of H-pyrrole nitrogens is 1. The average Bonchev–Trinajstić information content (AvgIpc) is 2.76. The van der Waals surface area contributed by atoms with E-state index in [-0.39, 0.29) is 18.9 Å². The smallest absolute Gasteiger partial charge is 0.226 e. The number of rotatable bonds is 3. The molecule has 0 aliphatic heterocycles. The first-order chi connectivity index (χ1) is 9.28. The standard InChI is InChI=1S/C15H14N2O2/c18-8-7-15(19)16-10-5-6-12-11-3-1-2-4-13(11)17-14(12)9-10/h1-6,9,17-18H,7-8H2,(H,16,19). The van der Waals surface area contributed by atoms with Crippen LogP contribution in [0.25, 0.3) is 21.8 Å². The maximum Gasteiger partial charge on any atom is 0.226 e. The SMILES string of the molecule is O=C(CCO)Nc1ccc2c(c1)[nH]c1ccccc12. The molecule has 0 spiro atoms. The van der Waals surface area contributed by atoms with Crippen LogP contribution in [0, 0.1) is 0 Å². The van der Waals surface area contributed by atoms with Crippen molar-refractivity contribution in [1.82, 2.24) is 4.98 Å². The lowest BCUT2D eigenvalue weighted by Gasteiger charge is -2.03. The molecule has 4 nitrogen and oxygen atoms in total. The fourth-order valence-electron chi connectivity index (χ4n) is 2.26. The molecule has 4 heteroatoms. The summed E-state index contributed by atoms with van der Waals surface area (Å²) in [6.07, 6.45) is 0.116. The molecule has 0 saturated carbocycles. The minimum atomic E-state index is -0.182. The molecular formula is C15H14N2O2. The number of hydrogen-bond donors (Lipinski definition) is 3. The fourth-order valence-corrected chi connectivity index (χ4v) is 2.26. The van der Waals surface area contributed by atoms with Gasteiger partial charge in [0.2, 0.25) is 5.91 Å². The number of aliphatic hydroxyl groups excluding tert-OH is 1. The van der Waals surface area contributed by atoms with Gasteiger partial charge >= 0.3 is 0 Å². The molecule has 1 amide bonds. The molecule has 19 heavy (non-hydrogen) atoms. The topological polar surface area (TPSA) is 65.1 Å². The summed E-state index contributed by atoms with van der Waals surface area (Å²) in [4.78, 5) is 14.8. The van der Waals surface area contributed by atoms with E-state index in [1.54, 1.807) is 0 Å². The number of hydrogen-bond acceptors (Lipinski definition) is 2. The second kappa shape index (κ2) is 4.74. The summed E-state index contributed by atoms with van der Waals surface area (Å²) in [7, 11) is 0. The van der Waals surface area contributed by atoms with Gasteiger partial charge in [-0.2, -0.15) is 0 Å². The molecule has 3 aromatic rings. The number of amides is 1. The number of para-hydroxylation sites is 1. The Morgan fingerprint density at radius 1 is 1.11 bits per heavy atom. The monoisotopic (exact) mass is 254 g/mol. The van der Waals surface area contributed by atoms with Crippen molar-refractivity contribution in [2.24, 2.45) is 0 Å². The molecule has 0 unspecified atom stereocenters. The summed E-state index contributed by atoms with van der Waals surface area (Å²) in [6.45, 7) is -0.138. The Bertz CT molecular complexity index is 746. The van der Waals surface area contributed by atoms with Gasteiger partial charge in [0.25, 0.3) is 0 Å². The van der Waals surface area contributed by atoms with Crippen molar-refractivity contribution >= 4 is 33.4 Å². The van der Waals surface area contributed by atoms with Crippen molar-refractivity contribution in [3.63, 3.8) is 0 Å². The minimum absolute atomic E-state index is 0.116. The zero-order valence-electron chi connectivity index (χ0n) is 10.3. The van der Waals surface area contributed by atoms with E-state index < -0.39 is 0 Å². The molecule has 0 fully saturated rings. The van der Waals surface area contributed by atoms with E-state index in [0.29, 0.717) is 0 Å². The van der Waals surface area contributed by atoms with Gasteiger partial charge < -0.3 is 15.4 Å². The number of anilines is 1. The number of benzene rings is 2. The Hall–Kier alpha value is -2.33. The Morgan fingerprint density at radius 3 is 2.74 bits per heavy atom. The number of carbonyl (C=O) groups is 1. The van der Waals surface area contributed by atoms with Crippen molar-refractivity contribution in [3.05, 3.63) is 42.5 Å². The van der Waals surface area contributed by atoms with Crippen LogP contribution in [0.2, 0.25) is 0 Å². The molecule has 1 heterocycles. The van der Waals surface area contributed by atoms with Crippen LogP contribution in [0.1, 0.15) is 6.42 Å². The predicted molar refractivity (Wildman–Crippen MR) is 76.1 cm³/mol. The number of aromatic nitrogens is 1. The Labute approximate surface area is 110 Å². The third-order valence-corrected chi connectivity index (χ3v) is 3.13. The van der Waals surface area contributed by atoms with Gasteiger partial charge in [0.1, 0.15) is 0 Å². The lowest BCUT2D eigenvalue weighted by Crippen LogP contribution is -2.12. The number of carbonyl (C=O) groups excluding carboxylic acids is 1. The van der Waals surface area contributed by atoms with Crippen LogP contribution in [0.4, 0.5) is 5.69 Å². The van der Waals surface area contributed by atoms with Gasteiger partial charge in [-0.1, -0.05) is 24.3 Å². The Balaban J connectivity index is 2.01. The van der Waals surface area contributed by atoms with Gasteiger partial charge in [-0.05, 0) is 18.2 Å². The van der Waals surface area contributed by atoms with Crippen LogP contribution in [0.5, 0.6) is 0 Å². The average molecular weight is 254 g/mol. The molecule has 1 aromatic heterocycles. The summed E-state index contributed by atoms with van der Waals surface area (Å²) < 4.78 is 0. The van der Waals surface area contributed by atoms with E-state index in [1.807, 2.05) is 36.4 Å². The first kappa shape index (κ1) is 11.7. The van der Waals surface area contributed by atoms with Gasteiger partial charge in [0.15, 0.2) is 0 Å². The second-order valence-electron chi connectivity index (χ2n) is 4.45. The highest BCUT2D eigenvalue weighted by atomic mass is 16.3. The molecule has 3 N–H and O–H groups in total. The van der Waals surface area contributed by atoms with Gasteiger partial charge in [0.05, 0.1) is 13.0 Å². The van der Waals surface area contributed by atoms with Crippen molar-refractivity contribution in [1.29, 1.82) is 0 Å². The maximum absolute atomic E-state index is 11.4. The number of fused-ring (bicyclic) bond motifs is 3. The summed E-state index contributed by atoms with van der Waals surface area (Å²) in [5.41, 5.74) is 2.80. The molecule has 0 bridgehead atoms. The maximum atomic E-state index is 11.4. The summed E-state index contributed by atoms with van der Waals surface area (Å²) in [5, 5.41) is 13.8. The van der Waals surface area contributed by atoms with Crippen LogP contribution < -0.4 is 5.32 Å². The molecular weight excluding hydrogens is 240 g/mol. The normalized spacial score (nSPS) is 11.0. The first-order valence-electron chi connectivity index (χ1n) is 6.19. The molecule has 0 aliphatic rings. The molecule has 96 valence electrons. The summed E-state index contributed by atoms with van der Waals surface area (Å²) in [5.74, 6) is -0.182. The fraction of sp³-hybridized carbons (Fsp3) is 0.133. The first-order valence-corrected chi connectivity index (χ1v) is 6.19. The van der Waals surface area contributed by atoms with Crippen LogP contribution in [-0.2, 0) is 4.79 Å². The van der Waals surface area contributed by atoms with E-state index >= 15 is 0 Å². The van der Waals surface area contributed by atoms with E-state index in [4.69, 9.17) is 5.11 Å². The predicted octanol–water partition coefficient (Wildman–Crippen LogP) is 2.64. The van der Waals surface area contributed by atoms with E-state index in [9.17, 15) is 4.79 Å². The lowest BCUT2D eigenvalue weighted by molar-refractivity contribution is -0.116. The zero-order chi connectivity index (χ0) is 13.2. The second-order valence-corrected chi connectivity index (χ2v) is 4.45. The number of aromatic amines is 1. The van der Waals surface area contributed by atoms with Crippen molar-refractivity contribution in [2.45, 2.75) is 6.42 Å². The number of aliphatic hydroxyl groups is 1. The number of nitrogens with one attached hydrogen (secondary N) is 2. The molecule has 3 rings (SSSR count). The van der Waals surface area contributed by atoms with Crippen molar-refractivity contribution < 1.29 is 9.90 Å². The van der Waals surface area contributed by atoms with Crippen LogP contribution in [-0.4, -0.2) is 22.6 Å². The quantitative estimate of drug-likeness (QED) is 0.672. The van der Waals surface area contributed by atoms with Crippen molar-refractivity contribution in [2.75, 3.05) is 11.9 Å². The molecule has 0 radical (unpaired) electrons. The summed E-state index contributed by atoms with van der Waals surface area (Å²) >= 11 is 0. The van der Waals surface area contributed by atoms with E-state index in [1.165, 1.54) is 5.39 Å².